The number of primary amides is 1. The van der Waals surface area contributed by atoms with E-state index in [9.17, 15) is 4.79 Å². The third-order valence-electron chi connectivity index (χ3n) is 2.70. The van der Waals surface area contributed by atoms with E-state index in [4.69, 9.17) is 26.4 Å². The van der Waals surface area contributed by atoms with E-state index in [1.165, 1.54) is 0 Å². The van der Waals surface area contributed by atoms with Crippen molar-refractivity contribution in [1.29, 1.82) is 0 Å². The quantitative estimate of drug-likeness (QED) is 0.287. The zero-order valence-corrected chi connectivity index (χ0v) is 11.5. The predicted octanol–water partition coefficient (Wildman–Crippen LogP) is -2.66. The molecule has 0 bridgehead atoms. The zero-order chi connectivity index (χ0) is 14.7. The second-order valence-electron chi connectivity index (χ2n) is 4.31. The van der Waals surface area contributed by atoms with Crippen LogP contribution in [0.3, 0.4) is 0 Å². The Morgan fingerprint density at radius 2 is 1.95 bits per heavy atom. The molecule has 1 amide bonds. The average molecular weight is 278 g/mol. The maximum absolute atomic E-state index is 10.9. The molecular weight excluding hydrogens is 252 g/mol. The van der Waals surface area contributed by atoms with Crippen molar-refractivity contribution < 1.29 is 19.7 Å². The van der Waals surface area contributed by atoms with Crippen LogP contribution in [0.1, 0.15) is 6.92 Å². The molecule has 0 saturated heterocycles. The normalized spacial score (nSPS) is 13.2. The third-order valence-corrected chi connectivity index (χ3v) is 2.70. The van der Waals surface area contributed by atoms with Crippen molar-refractivity contribution in [1.82, 2.24) is 9.80 Å². The number of carbonyl (C=O) groups is 1. The predicted molar refractivity (Wildman–Crippen MR) is 71.0 cm³/mol. The number of aliphatic hydroxyl groups excluding tert-OH is 2. The summed E-state index contributed by atoms with van der Waals surface area (Å²) in [5, 5.41) is 18.0. The molecule has 0 spiro atoms. The van der Waals surface area contributed by atoms with Crippen LogP contribution >= 0.6 is 0 Å². The largest absolute Gasteiger partial charge is 0.395 e. The topological polar surface area (TPSA) is 125 Å². The van der Waals surface area contributed by atoms with Gasteiger partial charge in [0.2, 0.25) is 5.91 Å². The summed E-state index contributed by atoms with van der Waals surface area (Å²) >= 11 is 0. The third kappa shape index (κ3) is 8.87. The Hall–Kier alpha value is -0.770. The molecular formula is C11H26N4O4. The minimum absolute atomic E-state index is 0.00803. The molecule has 0 saturated carbocycles. The Labute approximate surface area is 113 Å². The molecule has 0 aromatic carbocycles. The molecule has 0 aliphatic carbocycles. The number of nitrogens with zero attached hydrogens (tertiary/aromatic N) is 2. The van der Waals surface area contributed by atoms with Gasteiger partial charge in [0.05, 0.1) is 26.5 Å². The van der Waals surface area contributed by atoms with Crippen LogP contribution in [-0.2, 0) is 9.53 Å². The highest BCUT2D eigenvalue weighted by atomic mass is 16.5. The summed E-state index contributed by atoms with van der Waals surface area (Å²) < 4.78 is 5.13. The molecule has 114 valence electrons. The number of carbonyl (C=O) groups excluding carboxylic acids is 1. The Morgan fingerprint density at radius 1 is 1.32 bits per heavy atom. The number of amides is 1. The lowest BCUT2D eigenvalue weighted by atomic mass is 10.2. The molecule has 8 heteroatoms. The van der Waals surface area contributed by atoms with Crippen LogP contribution in [0.15, 0.2) is 0 Å². The Bertz CT molecular complexity index is 243. The minimum atomic E-state index is -0.437. The van der Waals surface area contributed by atoms with Crippen molar-refractivity contribution in [2.24, 2.45) is 11.5 Å². The molecule has 0 aromatic heterocycles. The number of aliphatic hydroxyl groups is 2. The van der Waals surface area contributed by atoms with Gasteiger partial charge in [0.15, 0.2) is 0 Å². The molecule has 0 aromatic rings. The first-order chi connectivity index (χ1) is 9.04. The highest BCUT2D eigenvalue weighted by Crippen LogP contribution is 2.02. The van der Waals surface area contributed by atoms with Crippen molar-refractivity contribution in [3.05, 3.63) is 0 Å². The number of hydrogen-bond acceptors (Lipinski definition) is 7. The van der Waals surface area contributed by atoms with Gasteiger partial charge in [-0.15, -0.1) is 0 Å². The summed E-state index contributed by atoms with van der Waals surface area (Å²) in [6.45, 7) is 3.78. The SMILES string of the molecule is C[C@@H](CN(CCO)CC(N)=O)N(CCO)COCN. The summed E-state index contributed by atoms with van der Waals surface area (Å²) in [6, 6.07) is 0.0320. The van der Waals surface area contributed by atoms with Crippen LogP contribution < -0.4 is 11.5 Å². The monoisotopic (exact) mass is 278 g/mol. The fourth-order valence-electron chi connectivity index (χ4n) is 1.80. The van der Waals surface area contributed by atoms with Gasteiger partial charge in [-0.25, -0.2) is 0 Å². The average Bonchev–Trinajstić information content (AvgIpc) is 2.33. The first-order valence-electron chi connectivity index (χ1n) is 6.29. The Kier molecular flexibility index (Phi) is 10.6. The van der Waals surface area contributed by atoms with E-state index < -0.39 is 5.91 Å². The molecule has 8 nitrogen and oxygen atoms in total. The fourth-order valence-corrected chi connectivity index (χ4v) is 1.80. The zero-order valence-electron chi connectivity index (χ0n) is 11.5. The maximum atomic E-state index is 10.9. The number of nitrogens with two attached hydrogens (primary N) is 2. The summed E-state index contributed by atoms with van der Waals surface area (Å²) in [4.78, 5) is 14.6. The van der Waals surface area contributed by atoms with Gasteiger partial charge in [-0.3, -0.25) is 14.6 Å². The number of rotatable bonds is 12. The van der Waals surface area contributed by atoms with E-state index in [1.807, 2.05) is 11.8 Å². The first kappa shape index (κ1) is 18.2. The van der Waals surface area contributed by atoms with E-state index in [0.29, 0.717) is 26.4 Å². The summed E-state index contributed by atoms with van der Waals surface area (Å²) in [7, 11) is 0. The molecule has 0 aliphatic rings. The van der Waals surface area contributed by atoms with Crippen molar-refractivity contribution in [3.8, 4) is 0 Å². The molecule has 6 N–H and O–H groups in total. The van der Waals surface area contributed by atoms with Crippen LogP contribution in [0.4, 0.5) is 0 Å². The highest BCUT2D eigenvalue weighted by Gasteiger charge is 2.18. The van der Waals surface area contributed by atoms with Crippen LogP contribution in [0, 0.1) is 0 Å². The van der Waals surface area contributed by atoms with E-state index in [0.717, 1.165) is 0 Å². The molecule has 1 atom stereocenters. The van der Waals surface area contributed by atoms with Crippen molar-refractivity contribution in [2.75, 3.05) is 52.9 Å². The van der Waals surface area contributed by atoms with E-state index in [-0.39, 0.29) is 32.5 Å². The van der Waals surface area contributed by atoms with Crippen molar-refractivity contribution in [2.45, 2.75) is 13.0 Å². The molecule has 0 radical (unpaired) electrons. The second-order valence-corrected chi connectivity index (χ2v) is 4.31. The van der Waals surface area contributed by atoms with E-state index >= 15 is 0 Å². The van der Waals surface area contributed by atoms with Gasteiger partial charge >= 0.3 is 0 Å². The molecule has 19 heavy (non-hydrogen) atoms. The van der Waals surface area contributed by atoms with Gasteiger partial charge in [0, 0.05) is 25.7 Å². The van der Waals surface area contributed by atoms with Crippen LogP contribution in [0.25, 0.3) is 0 Å². The standard InChI is InChI=1S/C11H26N4O4/c1-10(15(3-5-17)9-19-8-12)6-14(2-4-16)7-11(13)18/h10,16-17H,2-9,12H2,1H3,(H2,13,18)/t10-/m0/s1. The summed E-state index contributed by atoms with van der Waals surface area (Å²) in [5.41, 5.74) is 10.4. The lowest BCUT2D eigenvalue weighted by Gasteiger charge is -2.32. The highest BCUT2D eigenvalue weighted by molar-refractivity contribution is 5.75. The van der Waals surface area contributed by atoms with Gasteiger partial charge in [0.25, 0.3) is 0 Å². The van der Waals surface area contributed by atoms with Gasteiger partial charge in [-0.1, -0.05) is 0 Å². The van der Waals surface area contributed by atoms with Crippen LogP contribution in [0.5, 0.6) is 0 Å². The smallest absolute Gasteiger partial charge is 0.231 e. The van der Waals surface area contributed by atoms with Crippen molar-refractivity contribution in [3.63, 3.8) is 0 Å². The lowest BCUT2D eigenvalue weighted by molar-refractivity contribution is -0.119. The van der Waals surface area contributed by atoms with Crippen molar-refractivity contribution >= 4 is 5.91 Å². The molecule has 0 unspecified atom stereocenters. The van der Waals surface area contributed by atoms with Crippen LogP contribution in [-0.4, -0.2) is 84.8 Å². The summed E-state index contributed by atoms with van der Waals surface area (Å²) in [6.07, 6.45) is 0. The van der Waals surface area contributed by atoms with Gasteiger partial charge in [-0.05, 0) is 6.92 Å². The fraction of sp³-hybridized carbons (Fsp3) is 0.909. The molecule has 0 aliphatic heterocycles. The number of ether oxygens (including phenoxy) is 1. The van der Waals surface area contributed by atoms with Crippen LogP contribution in [0.2, 0.25) is 0 Å². The molecule has 0 rings (SSSR count). The van der Waals surface area contributed by atoms with Gasteiger partial charge in [-0.2, -0.15) is 0 Å². The minimum Gasteiger partial charge on any atom is -0.395 e. The first-order valence-corrected chi connectivity index (χ1v) is 6.29. The Morgan fingerprint density at radius 3 is 2.42 bits per heavy atom. The van der Waals surface area contributed by atoms with E-state index in [1.54, 1.807) is 4.90 Å². The summed E-state index contributed by atoms with van der Waals surface area (Å²) in [5.74, 6) is -0.437. The Balaban J connectivity index is 4.36. The van der Waals surface area contributed by atoms with Gasteiger partial charge in [0.1, 0.15) is 6.73 Å². The van der Waals surface area contributed by atoms with Gasteiger partial charge < -0.3 is 26.4 Å². The number of hydrogen-bond donors (Lipinski definition) is 4. The van der Waals surface area contributed by atoms with E-state index in [2.05, 4.69) is 0 Å². The maximum Gasteiger partial charge on any atom is 0.231 e. The molecule has 0 heterocycles. The second kappa shape index (κ2) is 11.1. The molecule has 0 fully saturated rings. The lowest BCUT2D eigenvalue weighted by Crippen LogP contribution is -2.47.